The van der Waals surface area contributed by atoms with Gasteiger partial charge in [-0.15, -0.1) is 0 Å². The smallest absolute Gasteiger partial charge is 0.248 e. The van der Waals surface area contributed by atoms with Gasteiger partial charge in [0.15, 0.2) is 11.5 Å². The van der Waals surface area contributed by atoms with Crippen LogP contribution in [0.4, 0.5) is 5.69 Å². The Kier molecular flexibility index (Phi) is 7.82. The van der Waals surface area contributed by atoms with Crippen LogP contribution in [0, 0.1) is 0 Å². The Morgan fingerprint density at radius 2 is 1.61 bits per heavy atom. The Hall–Kier alpha value is -3.15. The minimum Gasteiger partial charge on any atom is -0.495 e. The van der Waals surface area contributed by atoms with E-state index in [4.69, 9.17) is 37.4 Å². The van der Waals surface area contributed by atoms with Gasteiger partial charge in [-0.1, -0.05) is 47.5 Å². The molecule has 3 rings (SSSR count). The maximum absolute atomic E-state index is 12.3. The van der Waals surface area contributed by atoms with Crippen molar-refractivity contribution in [3.63, 3.8) is 0 Å². The molecule has 0 heterocycles. The van der Waals surface area contributed by atoms with Gasteiger partial charge >= 0.3 is 0 Å². The average Bonchev–Trinajstić information content (AvgIpc) is 2.78. The van der Waals surface area contributed by atoms with Gasteiger partial charge in [-0.25, -0.2) is 0 Å². The van der Waals surface area contributed by atoms with Gasteiger partial charge in [-0.2, -0.15) is 0 Å². The molecule has 1 amide bonds. The topological polar surface area (TPSA) is 56.8 Å². The Bertz CT molecular complexity index is 1080. The van der Waals surface area contributed by atoms with Crippen LogP contribution in [0.15, 0.2) is 66.7 Å². The van der Waals surface area contributed by atoms with Crippen LogP contribution >= 0.6 is 23.2 Å². The number of carbonyl (C=O) groups is 1. The number of amides is 1. The number of benzene rings is 3. The van der Waals surface area contributed by atoms with Crippen LogP contribution in [-0.4, -0.2) is 20.1 Å². The molecule has 0 aromatic heterocycles. The fourth-order valence-electron chi connectivity index (χ4n) is 2.82. The molecule has 31 heavy (non-hydrogen) atoms. The van der Waals surface area contributed by atoms with Crippen LogP contribution < -0.4 is 19.5 Å². The lowest BCUT2D eigenvalue weighted by Gasteiger charge is -2.13. The summed E-state index contributed by atoms with van der Waals surface area (Å²) in [6.45, 7) is 0.200. The number of nitrogens with one attached hydrogen (secondary N) is 1. The Morgan fingerprint density at radius 1 is 0.903 bits per heavy atom. The maximum Gasteiger partial charge on any atom is 0.248 e. The summed E-state index contributed by atoms with van der Waals surface area (Å²) in [5.74, 6) is 1.37. The van der Waals surface area contributed by atoms with Crippen LogP contribution in [0.25, 0.3) is 6.08 Å². The molecular weight excluding hydrogens is 437 g/mol. The monoisotopic (exact) mass is 457 g/mol. The number of hydrogen-bond donors (Lipinski definition) is 1. The normalized spacial score (nSPS) is 10.7. The SMILES string of the molecule is COc1ccccc1NC(=O)/C=C/c1ccc(OCc2c(Cl)cccc2Cl)c(OC)c1. The Labute approximate surface area is 191 Å². The van der Waals surface area contributed by atoms with E-state index in [2.05, 4.69) is 5.32 Å². The zero-order chi connectivity index (χ0) is 22.2. The Morgan fingerprint density at radius 3 is 2.32 bits per heavy atom. The highest BCUT2D eigenvalue weighted by atomic mass is 35.5. The van der Waals surface area contributed by atoms with Crippen LogP contribution in [0.1, 0.15) is 11.1 Å². The highest BCUT2D eigenvalue weighted by Crippen LogP contribution is 2.31. The summed E-state index contributed by atoms with van der Waals surface area (Å²) in [6.07, 6.45) is 3.12. The second kappa shape index (κ2) is 10.8. The van der Waals surface area contributed by atoms with Gasteiger partial charge in [-0.3, -0.25) is 4.79 Å². The highest BCUT2D eigenvalue weighted by Gasteiger charge is 2.10. The van der Waals surface area contributed by atoms with Gasteiger partial charge in [0.05, 0.1) is 19.9 Å². The summed E-state index contributed by atoms with van der Waals surface area (Å²) < 4.78 is 16.5. The minimum atomic E-state index is -0.280. The number of anilines is 1. The van der Waals surface area contributed by atoms with Gasteiger partial charge in [0, 0.05) is 21.7 Å². The molecule has 0 spiro atoms. The Balaban J connectivity index is 1.68. The lowest BCUT2D eigenvalue weighted by molar-refractivity contribution is -0.111. The largest absolute Gasteiger partial charge is 0.495 e. The molecule has 3 aromatic carbocycles. The number of rotatable bonds is 8. The molecule has 160 valence electrons. The van der Waals surface area contributed by atoms with E-state index < -0.39 is 0 Å². The molecule has 1 N–H and O–H groups in total. The zero-order valence-electron chi connectivity index (χ0n) is 17.0. The number of halogens is 2. The fourth-order valence-corrected chi connectivity index (χ4v) is 3.33. The first-order valence-corrected chi connectivity index (χ1v) is 10.1. The predicted molar refractivity (Wildman–Crippen MR) is 124 cm³/mol. The van der Waals surface area contributed by atoms with Crippen molar-refractivity contribution in [1.82, 2.24) is 0 Å². The minimum absolute atomic E-state index is 0.200. The number of ether oxygens (including phenoxy) is 3. The van der Waals surface area contributed by atoms with Crippen LogP contribution in [0.3, 0.4) is 0 Å². The quantitative estimate of drug-likeness (QED) is 0.406. The van der Waals surface area contributed by atoms with E-state index in [-0.39, 0.29) is 12.5 Å². The first-order valence-electron chi connectivity index (χ1n) is 9.37. The molecule has 0 saturated carbocycles. The summed E-state index contributed by atoms with van der Waals surface area (Å²) in [4.78, 5) is 12.3. The third-order valence-corrected chi connectivity index (χ3v) is 5.12. The van der Waals surface area contributed by atoms with E-state index in [1.807, 2.05) is 18.2 Å². The lowest BCUT2D eigenvalue weighted by atomic mass is 10.2. The van der Waals surface area contributed by atoms with Crippen molar-refractivity contribution in [2.45, 2.75) is 6.61 Å². The third kappa shape index (κ3) is 5.94. The van der Waals surface area contributed by atoms with Crippen molar-refractivity contribution in [1.29, 1.82) is 0 Å². The van der Waals surface area contributed by atoms with Gasteiger partial charge in [0.1, 0.15) is 12.4 Å². The molecule has 0 aliphatic carbocycles. The van der Waals surface area contributed by atoms with Crippen molar-refractivity contribution in [2.75, 3.05) is 19.5 Å². The molecule has 0 unspecified atom stereocenters. The first kappa shape index (κ1) is 22.5. The van der Waals surface area contributed by atoms with Crippen molar-refractivity contribution in [3.05, 3.63) is 87.9 Å². The van der Waals surface area contributed by atoms with E-state index in [1.54, 1.807) is 62.8 Å². The maximum atomic E-state index is 12.3. The van der Waals surface area contributed by atoms with Gasteiger partial charge in [-0.05, 0) is 48.0 Å². The van der Waals surface area contributed by atoms with E-state index in [0.29, 0.717) is 38.5 Å². The summed E-state index contributed by atoms with van der Waals surface area (Å²) >= 11 is 12.4. The molecule has 0 bridgehead atoms. The highest BCUT2D eigenvalue weighted by molar-refractivity contribution is 6.35. The average molecular weight is 458 g/mol. The van der Waals surface area contributed by atoms with Crippen molar-refractivity contribution >= 4 is 40.9 Å². The molecule has 0 atom stereocenters. The lowest BCUT2D eigenvalue weighted by Crippen LogP contribution is -2.08. The van der Waals surface area contributed by atoms with Crippen LogP contribution in [-0.2, 0) is 11.4 Å². The second-order valence-electron chi connectivity index (χ2n) is 6.42. The summed E-state index contributed by atoms with van der Waals surface area (Å²) in [6, 6.07) is 17.8. The second-order valence-corrected chi connectivity index (χ2v) is 7.24. The zero-order valence-corrected chi connectivity index (χ0v) is 18.5. The molecule has 0 fully saturated rings. The number of methoxy groups -OCH3 is 2. The molecule has 3 aromatic rings. The summed E-state index contributed by atoms with van der Waals surface area (Å²) in [5.41, 5.74) is 2.07. The number of carbonyl (C=O) groups excluding carboxylic acids is 1. The van der Waals surface area contributed by atoms with Crippen LogP contribution in [0.2, 0.25) is 10.0 Å². The van der Waals surface area contributed by atoms with E-state index >= 15 is 0 Å². The van der Waals surface area contributed by atoms with Crippen LogP contribution in [0.5, 0.6) is 17.2 Å². The van der Waals surface area contributed by atoms with E-state index in [9.17, 15) is 4.79 Å². The van der Waals surface area contributed by atoms with E-state index in [1.165, 1.54) is 6.08 Å². The standard InChI is InChI=1S/C24H21Cl2NO4/c1-29-21-9-4-3-8-20(21)27-24(28)13-11-16-10-12-22(23(14-16)30-2)31-15-17-18(25)6-5-7-19(17)26/h3-14H,15H2,1-2H3,(H,27,28)/b13-11+. The predicted octanol–water partition coefficient (Wildman–Crippen LogP) is 6.24. The fraction of sp³-hybridized carbons (Fsp3) is 0.125. The van der Waals surface area contributed by atoms with E-state index in [0.717, 1.165) is 5.56 Å². The number of para-hydroxylation sites is 2. The molecule has 0 radical (unpaired) electrons. The molecule has 0 aliphatic rings. The molecule has 0 aliphatic heterocycles. The van der Waals surface area contributed by atoms with Gasteiger partial charge in [0.2, 0.25) is 5.91 Å². The number of hydrogen-bond acceptors (Lipinski definition) is 4. The van der Waals surface area contributed by atoms with Crippen molar-refractivity contribution in [3.8, 4) is 17.2 Å². The molecule has 0 saturated heterocycles. The van der Waals surface area contributed by atoms with Crippen molar-refractivity contribution < 1.29 is 19.0 Å². The van der Waals surface area contributed by atoms with Crippen molar-refractivity contribution in [2.24, 2.45) is 0 Å². The first-order chi connectivity index (χ1) is 15.0. The third-order valence-electron chi connectivity index (χ3n) is 4.41. The van der Waals surface area contributed by atoms with Gasteiger partial charge < -0.3 is 19.5 Å². The van der Waals surface area contributed by atoms with Gasteiger partial charge in [0.25, 0.3) is 0 Å². The molecular formula is C24H21Cl2NO4. The molecule has 7 heteroatoms. The summed E-state index contributed by atoms with van der Waals surface area (Å²) in [7, 11) is 3.10. The summed E-state index contributed by atoms with van der Waals surface area (Å²) in [5, 5.41) is 3.86. The molecule has 5 nitrogen and oxygen atoms in total.